The highest BCUT2D eigenvalue weighted by atomic mass is 35.5. The van der Waals surface area contributed by atoms with Crippen LogP contribution in [0.2, 0.25) is 5.02 Å². The van der Waals surface area contributed by atoms with E-state index in [-0.39, 0.29) is 11.2 Å². The van der Waals surface area contributed by atoms with Crippen molar-refractivity contribution in [3.8, 4) is 0 Å². The lowest BCUT2D eigenvalue weighted by molar-refractivity contribution is -0.120. The Kier molecular flexibility index (Phi) is 7.00. The van der Waals surface area contributed by atoms with Crippen LogP contribution < -0.4 is 5.32 Å². The molecule has 1 amide bonds. The molecule has 0 saturated heterocycles. The average Bonchev–Trinajstić information content (AvgIpc) is 2.59. The maximum absolute atomic E-state index is 12.4. The van der Waals surface area contributed by atoms with Crippen LogP contribution in [0.5, 0.6) is 0 Å². The fourth-order valence-electron chi connectivity index (χ4n) is 2.27. The highest BCUT2D eigenvalue weighted by molar-refractivity contribution is 8.00. The van der Waals surface area contributed by atoms with Crippen LogP contribution in [0, 0.1) is 0 Å². The normalized spacial score (nSPS) is 13.3. The predicted molar refractivity (Wildman–Crippen MR) is 99.3 cm³/mol. The van der Waals surface area contributed by atoms with Gasteiger partial charge in [-0.05, 0) is 42.2 Å². The molecule has 2 aromatic carbocycles. The zero-order chi connectivity index (χ0) is 16.7. The minimum atomic E-state index is -0.0841. The Hall–Kier alpha value is -1.45. The minimum absolute atomic E-state index is 0.0841. The number of amides is 1. The van der Waals surface area contributed by atoms with Crippen LogP contribution in [-0.4, -0.2) is 17.7 Å². The number of benzene rings is 2. The first-order chi connectivity index (χ1) is 11.1. The number of hydrogen-bond acceptors (Lipinski definition) is 2. The number of nitrogens with one attached hydrogen (secondary N) is 1. The van der Waals surface area contributed by atoms with E-state index in [4.69, 9.17) is 11.6 Å². The van der Waals surface area contributed by atoms with Gasteiger partial charge in [0.15, 0.2) is 0 Å². The van der Waals surface area contributed by atoms with Gasteiger partial charge in [0.2, 0.25) is 5.91 Å². The molecule has 4 heteroatoms. The molecule has 0 aliphatic rings. The first-order valence-corrected chi connectivity index (χ1v) is 9.10. The molecule has 122 valence electrons. The topological polar surface area (TPSA) is 29.1 Å². The predicted octanol–water partition coefficient (Wildman–Crippen LogP) is 5.13. The molecule has 0 bridgehead atoms. The van der Waals surface area contributed by atoms with Crippen LogP contribution >= 0.6 is 23.4 Å². The Balaban J connectivity index is 1.88. The lowest BCUT2D eigenvalue weighted by Crippen LogP contribution is -2.34. The lowest BCUT2D eigenvalue weighted by atomic mass is 10.0. The maximum Gasteiger partial charge on any atom is 0.233 e. The third-order valence-electron chi connectivity index (χ3n) is 3.71. The van der Waals surface area contributed by atoms with Gasteiger partial charge in [0.1, 0.15) is 0 Å². The Morgan fingerprint density at radius 2 is 1.78 bits per heavy atom. The summed E-state index contributed by atoms with van der Waals surface area (Å²) in [6.45, 7) is 4.82. The van der Waals surface area contributed by atoms with E-state index in [0.29, 0.717) is 17.5 Å². The Morgan fingerprint density at radius 3 is 2.39 bits per heavy atom. The van der Waals surface area contributed by atoms with Gasteiger partial charge >= 0.3 is 0 Å². The summed E-state index contributed by atoms with van der Waals surface area (Å²) < 4.78 is 0. The van der Waals surface area contributed by atoms with E-state index >= 15 is 0 Å². The maximum atomic E-state index is 12.4. The van der Waals surface area contributed by atoms with Gasteiger partial charge in [0.25, 0.3) is 0 Å². The van der Waals surface area contributed by atoms with Gasteiger partial charge in [0, 0.05) is 16.5 Å². The summed E-state index contributed by atoms with van der Waals surface area (Å²) in [5.41, 5.74) is 1.24. The van der Waals surface area contributed by atoms with Crippen molar-refractivity contribution in [3.05, 3.63) is 65.2 Å². The van der Waals surface area contributed by atoms with Crippen molar-refractivity contribution >= 4 is 29.3 Å². The fourth-order valence-corrected chi connectivity index (χ4v) is 3.37. The SMILES string of the molecule is CC[C@H](Sc1ccc(Cl)cc1)C(=O)NC[C@H](C)c1ccccc1. The standard InChI is InChI=1S/C19H22ClNOS/c1-3-18(23-17-11-9-16(20)10-12-17)19(22)21-13-14(2)15-7-5-4-6-8-15/h4-12,14,18H,3,13H2,1-2H3,(H,21,22)/t14-,18-/m0/s1. The molecule has 1 N–H and O–H groups in total. The summed E-state index contributed by atoms with van der Waals surface area (Å²) >= 11 is 7.48. The molecule has 0 radical (unpaired) electrons. The van der Waals surface area contributed by atoms with Gasteiger partial charge in [-0.25, -0.2) is 0 Å². The zero-order valence-electron chi connectivity index (χ0n) is 13.5. The first-order valence-electron chi connectivity index (χ1n) is 7.85. The van der Waals surface area contributed by atoms with Crippen molar-refractivity contribution in [1.82, 2.24) is 5.32 Å². The van der Waals surface area contributed by atoms with Crippen LogP contribution in [0.4, 0.5) is 0 Å². The van der Waals surface area contributed by atoms with Crippen molar-refractivity contribution in [1.29, 1.82) is 0 Å². The summed E-state index contributed by atoms with van der Waals surface area (Å²) in [5, 5.41) is 3.71. The van der Waals surface area contributed by atoms with Crippen molar-refractivity contribution in [2.75, 3.05) is 6.54 Å². The van der Waals surface area contributed by atoms with Gasteiger partial charge in [-0.1, -0.05) is 55.8 Å². The molecule has 0 saturated carbocycles. The summed E-state index contributed by atoms with van der Waals surface area (Å²) in [4.78, 5) is 13.5. The van der Waals surface area contributed by atoms with E-state index in [1.165, 1.54) is 5.56 Å². The summed E-state index contributed by atoms with van der Waals surface area (Å²) in [7, 11) is 0. The number of carbonyl (C=O) groups is 1. The number of carbonyl (C=O) groups excluding carboxylic acids is 1. The molecule has 23 heavy (non-hydrogen) atoms. The second-order valence-corrected chi connectivity index (χ2v) is 7.24. The molecule has 0 aliphatic carbocycles. The highest BCUT2D eigenvalue weighted by Crippen LogP contribution is 2.27. The third kappa shape index (κ3) is 5.60. The van der Waals surface area contributed by atoms with Crippen LogP contribution in [0.3, 0.4) is 0 Å². The lowest BCUT2D eigenvalue weighted by Gasteiger charge is -2.17. The van der Waals surface area contributed by atoms with E-state index in [1.807, 2.05) is 49.4 Å². The summed E-state index contributed by atoms with van der Waals surface area (Å²) in [5.74, 6) is 0.397. The molecule has 0 aliphatic heterocycles. The molecule has 0 spiro atoms. The minimum Gasteiger partial charge on any atom is -0.355 e. The van der Waals surface area contributed by atoms with Crippen LogP contribution in [-0.2, 0) is 4.79 Å². The second kappa shape index (κ2) is 8.99. The molecule has 2 aromatic rings. The molecular weight excluding hydrogens is 326 g/mol. The van der Waals surface area contributed by atoms with Crippen LogP contribution in [0.15, 0.2) is 59.5 Å². The summed E-state index contributed by atoms with van der Waals surface area (Å²) in [6.07, 6.45) is 0.791. The van der Waals surface area contributed by atoms with Gasteiger partial charge in [-0.3, -0.25) is 4.79 Å². The molecule has 2 nitrogen and oxygen atoms in total. The first kappa shape index (κ1) is 17.9. The van der Waals surface area contributed by atoms with E-state index in [1.54, 1.807) is 11.8 Å². The Labute approximate surface area is 147 Å². The monoisotopic (exact) mass is 347 g/mol. The van der Waals surface area contributed by atoms with Crippen molar-refractivity contribution in [2.45, 2.75) is 36.3 Å². The largest absolute Gasteiger partial charge is 0.355 e. The van der Waals surface area contributed by atoms with Gasteiger partial charge in [-0.2, -0.15) is 0 Å². The Bertz CT molecular complexity index is 615. The van der Waals surface area contributed by atoms with Gasteiger partial charge in [0.05, 0.1) is 5.25 Å². The smallest absolute Gasteiger partial charge is 0.233 e. The van der Waals surface area contributed by atoms with Gasteiger partial charge < -0.3 is 5.32 Å². The number of hydrogen-bond donors (Lipinski definition) is 1. The second-order valence-electron chi connectivity index (χ2n) is 5.53. The third-order valence-corrected chi connectivity index (χ3v) is 5.33. The van der Waals surface area contributed by atoms with Crippen molar-refractivity contribution in [3.63, 3.8) is 0 Å². The van der Waals surface area contributed by atoms with E-state index in [2.05, 4.69) is 24.4 Å². The zero-order valence-corrected chi connectivity index (χ0v) is 15.0. The molecule has 0 unspecified atom stereocenters. The van der Waals surface area contributed by atoms with Crippen LogP contribution in [0.25, 0.3) is 0 Å². The molecule has 0 fully saturated rings. The molecule has 2 rings (SSSR count). The quantitative estimate of drug-likeness (QED) is 0.703. The van der Waals surface area contributed by atoms with Crippen molar-refractivity contribution in [2.24, 2.45) is 0 Å². The number of thioether (sulfide) groups is 1. The fraction of sp³-hybridized carbons (Fsp3) is 0.316. The van der Waals surface area contributed by atoms with Crippen molar-refractivity contribution < 1.29 is 4.79 Å². The highest BCUT2D eigenvalue weighted by Gasteiger charge is 2.18. The summed E-state index contributed by atoms with van der Waals surface area (Å²) in [6, 6.07) is 17.9. The average molecular weight is 348 g/mol. The van der Waals surface area contributed by atoms with E-state index in [0.717, 1.165) is 11.3 Å². The molecule has 0 heterocycles. The van der Waals surface area contributed by atoms with E-state index < -0.39 is 0 Å². The number of halogens is 1. The molecular formula is C19H22ClNOS. The molecule has 2 atom stereocenters. The Morgan fingerprint density at radius 1 is 1.13 bits per heavy atom. The molecule has 0 aromatic heterocycles. The van der Waals surface area contributed by atoms with Gasteiger partial charge in [-0.15, -0.1) is 11.8 Å². The van der Waals surface area contributed by atoms with Crippen LogP contribution in [0.1, 0.15) is 31.7 Å². The number of rotatable bonds is 7. The van der Waals surface area contributed by atoms with E-state index in [9.17, 15) is 4.79 Å².